The van der Waals surface area contributed by atoms with E-state index in [-0.39, 0.29) is 5.91 Å². The molecule has 1 aliphatic heterocycles. The zero-order valence-corrected chi connectivity index (χ0v) is 15.4. The predicted octanol–water partition coefficient (Wildman–Crippen LogP) is 3.59. The van der Waals surface area contributed by atoms with Crippen LogP contribution in [-0.2, 0) is 24.2 Å². The largest absolute Gasteiger partial charge is 0.493 e. The molecule has 3 rings (SSSR count). The molecule has 0 unspecified atom stereocenters. The minimum absolute atomic E-state index is 0.141. The maximum atomic E-state index is 12.7. The zero-order chi connectivity index (χ0) is 17.1. The number of carbonyl (C=O) groups is 1. The number of halogens is 1. The molecule has 0 bridgehead atoms. The summed E-state index contributed by atoms with van der Waals surface area (Å²) in [6.07, 6.45) is 1.24. The Balaban J connectivity index is 1.77. The van der Waals surface area contributed by atoms with Crippen molar-refractivity contribution >= 4 is 21.8 Å². The van der Waals surface area contributed by atoms with Crippen molar-refractivity contribution in [1.82, 2.24) is 4.90 Å². The molecule has 5 heteroatoms. The van der Waals surface area contributed by atoms with E-state index in [0.29, 0.717) is 18.7 Å². The minimum atomic E-state index is 0.141. The van der Waals surface area contributed by atoms with Crippen LogP contribution >= 0.6 is 15.9 Å². The van der Waals surface area contributed by atoms with E-state index in [2.05, 4.69) is 15.9 Å². The Kier molecular flexibility index (Phi) is 5.09. The van der Waals surface area contributed by atoms with Crippen LogP contribution in [0.1, 0.15) is 16.7 Å². The molecule has 0 fully saturated rings. The molecule has 0 radical (unpaired) electrons. The summed E-state index contributed by atoms with van der Waals surface area (Å²) in [7, 11) is 3.27. The van der Waals surface area contributed by atoms with Crippen LogP contribution in [0.3, 0.4) is 0 Å². The van der Waals surface area contributed by atoms with Crippen LogP contribution in [0, 0.1) is 0 Å². The zero-order valence-electron chi connectivity index (χ0n) is 13.8. The minimum Gasteiger partial charge on any atom is -0.493 e. The maximum Gasteiger partial charge on any atom is 0.227 e. The van der Waals surface area contributed by atoms with Crippen molar-refractivity contribution in [2.75, 3.05) is 20.8 Å². The highest BCUT2D eigenvalue weighted by Gasteiger charge is 2.23. The molecule has 0 aliphatic carbocycles. The number of ether oxygens (including phenoxy) is 2. The Morgan fingerprint density at radius 3 is 2.46 bits per heavy atom. The van der Waals surface area contributed by atoms with Crippen LogP contribution in [-0.4, -0.2) is 31.6 Å². The van der Waals surface area contributed by atoms with Gasteiger partial charge in [0.1, 0.15) is 0 Å². The number of carbonyl (C=O) groups excluding carboxylic acids is 1. The van der Waals surface area contributed by atoms with Gasteiger partial charge in [0.05, 0.1) is 20.6 Å². The highest BCUT2D eigenvalue weighted by molar-refractivity contribution is 9.10. The third kappa shape index (κ3) is 3.41. The lowest BCUT2D eigenvalue weighted by Gasteiger charge is -2.30. The number of hydrogen-bond acceptors (Lipinski definition) is 3. The van der Waals surface area contributed by atoms with E-state index in [0.717, 1.165) is 34.3 Å². The monoisotopic (exact) mass is 389 g/mol. The molecule has 4 nitrogen and oxygen atoms in total. The summed E-state index contributed by atoms with van der Waals surface area (Å²) in [5.74, 6) is 1.59. The molecule has 0 spiro atoms. The standard InChI is InChI=1S/C19H20BrNO3/c1-23-17-9-13-7-8-21(12-15(13)10-18(17)24-2)19(22)11-14-5-3-4-6-16(14)20/h3-6,9-10H,7-8,11-12H2,1-2H3. The van der Waals surface area contributed by atoms with E-state index < -0.39 is 0 Å². The molecular formula is C19H20BrNO3. The lowest BCUT2D eigenvalue weighted by atomic mass is 9.98. The third-order valence-electron chi connectivity index (χ3n) is 4.37. The molecular weight excluding hydrogens is 370 g/mol. The quantitative estimate of drug-likeness (QED) is 0.801. The van der Waals surface area contributed by atoms with E-state index in [1.54, 1.807) is 14.2 Å². The van der Waals surface area contributed by atoms with Gasteiger partial charge in [-0.15, -0.1) is 0 Å². The van der Waals surface area contributed by atoms with E-state index in [1.807, 2.05) is 41.3 Å². The molecule has 126 valence electrons. The van der Waals surface area contributed by atoms with Gasteiger partial charge < -0.3 is 14.4 Å². The Morgan fingerprint density at radius 1 is 1.12 bits per heavy atom. The molecule has 0 saturated carbocycles. The fraction of sp³-hybridized carbons (Fsp3) is 0.316. The second-order valence-electron chi connectivity index (χ2n) is 5.81. The van der Waals surface area contributed by atoms with Gasteiger partial charge >= 0.3 is 0 Å². The van der Waals surface area contributed by atoms with Crippen LogP contribution in [0.15, 0.2) is 40.9 Å². The maximum absolute atomic E-state index is 12.7. The lowest BCUT2D eigenvalue weighted by Crippen LogP contribution is -2.37. The summed E-state index contributed by atoms with van der Waals surface area (Å²) in [5.41, 5.74) is 3.36. The van der Waals surface area contributed by atoms with Crippen LogP contribution in [0.5, 0.6) is 11.5 Å². The molecule has 2 aromatic carbocycles. The summed E-state index contributed by atoms with van der Waals surface area (Å²) < 4.78 is 11.7. The normalized spacial score (nSPS) is 13.4. The fourth-order valence-corrected chi connectivity index (χ4v) is 3.44. The van der Waals surface area contributed by atoms with Gasteiger partial charge in [-0.25, -0.2) is 0 Å². The summed E-state index contributed by atoms with van der Waals surface area (Å²) in [6, 6.07) is 11.8. The predicted molar refractivity (Wildman–Crippen MR) is 96.5 cm³/mol. The Hall–Kier alpha value is -2.01. The van der Waals surface area contributed by atoms with Crippen molar-refractivity contribution < 1.29 is 14.3 Å². The number of amides is 1. The van der Waals surface area contributed by atoms with Crippen molar-refractivity contribution in [3.05, 3.63) is 57.6 Å². The van der Waals surface area contributed by atoms with Gasteiger partial charge in [0.15, 0.2) is 11.5 Å². The van der Waals surface area contributed by atoms with Gasteiger partial charge in [0, 0.05) is 17.6 Å². The first-order chi connectivity index (χ1) is 11.6. The van der Waals surface area contributed by atoms with Crippen LogP contribution in [0.25, 0.3) is 0 Å². The number of hydrogen-bond donors (Lipinski definition) is 0. The lowest BCUT2D eigenvalue weighted by molar-refractivity contribution is -0.131. The Labute approximate surface area is 150 Å². The van der Waals surface area contributed by atoms with Crippen molar-refractivity contribution in [3.63, 3.8) is 0 Å². The Morgan fingerprint density at radius 2 is 1.79 bits per heavy atom. The fourth-order valence-electron chi connectivity index (χ4n) is 3.01. The van der Waals surface area contributed by atoms with Crippen molar-refractivity contribution in [2.45, 2.75) is 19.4 Å². The van der Waals surface area contributed by atoms with Gasteiger partial charge in [0.25, 0.3) is 0 Å². The van der Waals surface area contributed by atoms with Gasteiger partial charge in [-0.3, -0.25) is 4.79 Å². The van der Waals surface area contributed by atoms with E-state index in [4.69, 9.17) is 9.47 Å². The molecule has 24 heavy (non-hydrogen) atoms. The second-order valence-corrected chi connectivity index (χ2v) is 6.66. The van der Waals surface area contributed by atoms with Gasteiger partial charge in [-0.1, -0.05) is 34.1 Å². The SMILES string of the molecule is COc1cc2c(cc1OC)CN(C(=O)Cc1ccccc1Br)CC2. The Bertz CT molecular complexity index is 760. The topological polar surface area (TPSA) is 38.8 Å². The highest BCUT2D eigenvalue weighted by Crippen LogP contribution is 2.33. The average Bonchev–Trinajstić information content (AvgIpc) is 2.61. The summed E-state index contributed by atoms with van der Waals surface area (Å²) in [5, 5.41) is 0. The van der Waals surface area contributed by atoms with Gasteiger partial charge in [0.2, 0.25) is 5.91 Å². The molecule has 0 N–H and O–H groups in total. The molecule has 1 amide bonds. The molecule has 0 atom stereocenters. The van der Waals surface area contributed by atoms with E-state index in [9.17, 15) is 4.79 Å². The van der Waals surface area contributed by atoms with E-state index >= 15 is 0 Å². The van der Waals surface area contributed by atoms with Crippen LogP contribution < -0.4 is 9.47 Å². The van der Waals surface area contributed by atoms with Gasteiger partial charge in [-0.2, -0.15) is 0 Å². The molecule has 1 aliphatic rings. The number of benzene rings is 2. The average molecular weight is 390 g/mol. The van der Waals surface area contributed by atoms with Crippen LogP contribution in [0.4, 0.5) is 0 Å². The number of methoxy groups -OCH3 is 2. The first kappa shape index (κ1) is 16.8. The number of nitrogens with zero attached hydrogens (tertiary/aromatic N) is 1. The smallest absolute Gasteiger partial charge is 0.227 e. The molecule has 0 aromatic heterocycles. The number of rotatable bonds is 4. The van der Waals surface area contributed by atoms with Crippen molar-refractivity contribution in [3.8, 4) is 11.5 Å². The third-order valence-corrected chi connectivity index (χ3v) is 5.14. The second kappa shape index (κ2) is 7.26. The molecule has 0 saturated heterocycles. The van der Waals surface area contributed by atoms with Crippen molar-refractivity contribution in [1.29, 1.82) is 0 Å². The first-order valence-electron chi connectivity index (χ1n) is 7.87. The highest BCUT2D eigenvalue weighted by atomic mass is 79.9. The van der Waals surface area contributed by atoms with Crippen LogP contribution in [0.2, 0.25) is 0 Å². The first-order valence-corrected chi connectivity index (χ1v) is 8.66. The molecule has 2 aromatic rings. The van der Waals surface area contributed by atoms with Gasteiger partial charge in [-0.05, 0) is 41.3 Å². The van der Waals surface area contributed by atoms with Crippen molar-refractivity contribution in [2.24, 2.45) is 0 Å². The summed E-state index contributed by atoms with van der Waals surface area (Å²) >= 11 is 3.51. The summed E-state index contributed by atoms with van der Waals surface area (Å²) in [4.78, 5) is 14.6. The van der Waals surface area contributed by atoms with E-state index in [1.165, 1.54) is 5.56 Å². The summed E-state index contributed by atoms with van der Waals surface area (Å²) in [6.45, 7) is 1.34. The number of fused-ring (bicyclic) bond motifs is 1. The molecule has 1 heterocycles.